The number of carbonyl (C=O) groups is 1. The Balaban J connectivity index is 1.67. The Labute approximate surface area is 146 Å². The average molecular weight is 335 g/mol. The molecule has 1 unspecified atom stereocenters. The lowest BCUT2D eigenvalue weighted by Gasteiger charge is -2.17. The lowest BCUT2D eigenvalue weighted by molar-refractivity contribution is 0.0937. The van der Waals surface area contributed by atoms with Gasteiger partial charge in [0.05, 0.1) is 17.0 Å². The zero-order valence-electron chi connectivity index (χ0n) is 14.1. The summed E-state index contributed by atoms with van der Waals surface area (Å²) in [6.07, 6.45) is 3.99. The molecule has 25 heavy (non-hydrogen) atoms. The van der Waals surface area contributed by atoms with E-state index in [-0.39, 0.29) is 11.9 Å². The molecular formula is C19H21N5O. The van der Waals surface area contributed by atoms with E-state index in [1.54, 1.807) is 23.1 Å². The van der Waals surface area contributed by atoms with Crippen molar-refractivity contribution in [2.45, 2.75) is 12.5 Å². The SMILES string of the molecule is Cn1nccc1-c1ccc(C(=O)NC(CN)Cc2ccccc2)cn1. The molecule has 0 aliphatic carbocycles. The summed E-state index contributed by atoms with van der Waals surface area (Å²) in [6.45, 7) is 0.376. The average Bonchev–Trinajstić information content (AvgIpc) is 3.08. The summed E-state index contributed by atoms with van der Waals surface area (Å²) >= 11 is 0. The Morgan fingerprint density at radius 3 is 2.60 bits per heavy atom. The first-order chi connectivity index (χ1) is 12.2. The number of rotatable bonds is 6. The Morgan fingerprint density at radius 2 is 2.00 bits per heavy atom. The van der Waals surface area contributed by atoms with Gasteiger partial charge in [0.25, 0.3) is 5.91 Å². The second-order valence-electron chi connectivity index (χ2n) is 5.87. The van der Waals surface area contributed by atoms with Gasteiger partial charge in [0.1, 0.15) is 0 Å². The number of hydrogen-bond donors (Lipinski definition) is 2. The van der Waals surface area contributed by atoms with E-state index in [2.05, 4.69) is 15.4 Å². The van der Waals surface area contributed by atoms with Crippen LogP contribution >= 0.6 is 0 Å². The first-order valence-corrected chi connectivity index (χ1v) is 8.16. The van der Waals surface area contributed by atoms with E-state index < -0.39 is 0 Å². The van der Waals surface area contributed by atoms with E-state index in [1.807, 2.05) is 49.5 Å². The van der Waals surface area contributed by atoms with Crippen LogP contribution in [0.3, 0.4) is 0 Å². The summed E-state index contributed by atoms with van der Waals surface area (Å²) in [5, 5.41) is 7.10. The number of nitrogens with two attached hydrogens (primary N) is 1. The summed E-state index contributed by atoms with van der Waals surface area (Å²) in [7, 11) is 1.85. The summed E-state index contributed by atoms with van der Waals surface area (Å²) in [5.74, 6) is -0.171. The molecule has 0 aliphatic heterocycles. The predicted molar refractivity (Wildman–Crippen MR) is 96.9 cm³/mol. The molecular weight excluding hydrogens is 314 g/mol. The minimum atomic E-state index is -0.171. The van der Waals surface area contributed by atoms with Gasteiger partial charge in [-0.05, 0) is 30.2 Å². The largest absolute Gasteiger partial charge is 0.348 e. The molecule has 3 aromatic rings. The maximum Gasteiger partial charge on any atom is 0.253 e. The summed E-state index contributed by atoms with van der Waals surface area (Å²) < 4.78 is 1.74. The van der Waals surface area contributed by atoms with Gasteiger partial charge in [-0.3, -0.25) is 14.5 Å². The van der Waals surface area contributed by atoms with Crippen molar-refractivity contribution >= 4 is 5.91 Å². The molecule has 1 atom stereocenters. The standard InChI is InChI=1S/C19H21N5O/c1-24-18(9-10-22-24)17-8-7-15(13-21-17)19(25)23-16(12-20)11-14-5-3-2-4-6-14/h2-10,13,16H,11-12,20H2,1H3,(H,23,25). The van der Waals surface area contributed by atoms with Gasteiger partial charge in [-0.15, -0.1) is 0 Å². The van der Waals surface area contributed by atoms with Gasteiger partial charge in [-0.1, -0.05) is 30.3 Å². The lowest BCUT2D eigenvalue weighted by atomic mass is 10.1. The van der Waals surface area contributed by atoms with Crippen molar-refractivity contribution in [3.63, 3.8) is 0 Å². The lowest BCUT2D eigenvalue weighted by Crippen LogP contribution is -2.41. The second kappa shape index (κ2) is 7.72. The van der Waals surface area contributed by atoms with Crippen LogP contribution in [0.1, 0.15) is 15.9 Å². The highest BCUT2D eigenvalue weighted by Gasteiger charge is 2.14. The fourth-order valence-electron chi connectivity index (χ4n) is 2.67. The van der Waals surface area contributed by atoms with Gasteiger partial charge >= 0.3 is 0 Å². The van der Waals surface area contributed by atoms with Crippen molar-refractivity contribution in [3.05, 3.63) is 72.1 Å². The number of benzene rings is 1. The van der Waals surface area contributed by atoms with E-state index in [0.717, 1.165) is 17.0 Å². The van der Waals surface area contributed by atoms with Crippen LogP contribution in [-0.4, -0.2) is 33.3 Å². The third kappa shape index (κ3) is 4.10. The highest BCUT2D eigenvalue weighted by atomic mass is 16.1. The van der Waals surface area contributed by atoms with Crippen LogP contribution in [0.25, 0.3) is 11.4 Å². The molecule has 0 aliphatic rings. The molecule has 2 aromatic heterocycles. The molecule has 2 heterocycles. The highest BCUT2D eigenvalue weighted by molar-refractivity contribution is 5.94. The number of carbonyl (C=O) groups excluding carboxylic acids is 1. The molecule has 1 amide bonds. The van der Waals surface area contributed by atoms with Crippen LogP contribution in [0, 0.1) is 0 Å². The molecule has 128 valence electrons. The van der Waals surface area contributed by atoms with Gasteiger partial charge in [0, 0.05) is 32.0 Å². The van der Waals surface area contributed by atoms with Crippen molar-refractivity contribution < 1.29 is 4.79 Å². The zero-order chi connectivity index (χ0) is 17.6. The van der Waals surface area contributed by atoms with E-state index in [0.29, 0.717) is 18.5 Å². The van der Waals surface area contributed by atoms with Crippen molar-refractivity contribution in [1.29, 1.82) is 0 Å². The van der Waals surface area contributed by atoms with E-state index in [1.165, 1.54) is 0 Å². The monoisotopic (exact) mass is 335 g/mol. The molecule has 0 bridgehead atoms. The van der Waals surface area contributed by atoms with Crippen LogP contribution in [-0.2, 0) is 13.5 Å². The number of aryl methyl sites for hydroxylation is 1. The van der Waals surface area contributed by atoms with Crippen LogP contribution in [0.15, 0.2) is 60.9 Å². The quantitative estimate of drug-likeness (QED) is 0.719. The summed E-state index contributed by atoms with van der Waals surface area (Å²) in [5.41, 5.74) is 9.14. The van der Waals surface area contributed by atoms with Crippen LogP contribution in [0.2, 0.25) is 0 Å². The molecule has 3 N–H and O–H groups in total. The van der Waals surface area contributed by atoms with Crippen LogP contribution < -0.4 is 11.1 Å². The maximum absolute atomic E-state index is 12.4. The van der Waals surface area contributed by atoms with E-state index in [9.17, 15) is 4.79 Å². The fraction of sp³-hybridized carbons (Fsp3) is 0.211. The molecule has 6 heteroatoms. The second-order valence-corrected chi connectivity index (χ2v) is 5.87. The number of hydrogen-bond acceptors (Lipinski definition) is 4. The number of amides is 1. The van der Waals surface area contributed by atoms with Gasteiger partial charge in [-0.25, -0.2) is 0 Å². The molecule has 3 rings (SSSR count). The Bertz CT molecular complexity index is 827. The summed E-state index contributed by atoms with van der Waals surface area (Å²) in [6, 6.07) is 15.3. The molecule has 6 nitrogen and oxygen atoms in total. The van der Waals surface area contributed by atoms with Gasteiger partial charge in [-0.2, -0.15) is 5.10 Å². The Morgan fingerprint density at radius 1 is 1.20 bits per heavy atom. The third-order valence-corrected chi connectivity index (χ3v) is 4.05. The molecule has 0 saturated heterocycles. The number of pyridine rings is 1. The summed E-state index contributed by atoms with van der Waals surface area (Å²) in [4.78, 5) is 16.8. The number of nitrogens with one attached hydrogen (secondary N) is 1. The van der Waals surface area contributed by atoms with Crippen LogP contribution in [0.5, 0.6) is 0 Å². The Hall–Kier alpha value is -2.99. The minimum absolute atomic E-state index is 0.119. The van der Waals surface area contributed by atoms with E-state index in [4.69, 9.17) is 5.73 Å². The number of nitrogens with zero attached hydrogens (tertiary/aromatic N) is 3. The molecule has 0 fully saturated rings. The topological polar surface area (TPSA) is 85.8 Å². The third-order valence-electron chi connectivity index (χ3n) is 4.05. The highest BCUT2D eigenvalue weighted by Crippen LogP contribution is 2.15. The van der Waals surface area contributed by atoms with Crippen molar-refractivity contribution in [2.75, 3.05) is 6.54 Å². The molecule has 1 aromatic carbocycles. The van der Waals surface area contributed by atoms with Crippen molar-refractivity contribution in [1.82, 2.24) is 20.1 Å². The zero-order valence-corrected chi connectivity index (χ0v) is 14.1. The first kappa shape index (κ1) is 16.9. The van der Waals surface area contributed by atoms with Crippen molar-refractivity contribution in [2.24, 2.45) is 12.8 Å². The normalized spacial score (nSPS) is 11.9. The van der Waals surface area contributed by atoms with Gasteiger partial charge < -0.3 is 11.1 Å². The predicted octanol–water partition coefficient (Wildman–Crippen LogP) is 1.78. The van der Waals surface area contributed by atoms with E-state index >= 15 is 0 Å². The Kier molecular flexibility index (Phi) is 5.20. The first-order valence-electron chi connectivity index (χ1n) is 8.16. The van der Waals surface area contributed by atoms with Gasteiger partial charge in [0.15, 0.2) is 0 Å². The molecule has 0 saturated carbocycles. The van der Waals surface area contributed by atoms with Crippen LogP contribution in [0.4, 0.5) is 0 Å². The smallest absolute Gasteiger partial charge is 0.253 e. The molecule has 0 radical (unpaired) electrons. The maximum atomic E-state index is 12.4. The fourth-order valence-corrected chi connectivity index (χ4v) is 2.67. The minimum Gasteiger partial charge on any atom is -0.348 e. The van der Waals surface area contributed by atoms with Gasteiger partial charge in [0.2, 0.25) is 0 Å². The number of aromatic nitrogens is 3. The molecule has 0 spiro atoms. The van der Waals surface area contributed by atoms with Crippen molar-refractivity contribution in [3.8, 4) is 11.4 Å².